The molecule has 20 heavy (non-hydrogen) atoms. The number of fused-ring (bicyclic) bond motifs is 3. The molecule has 0 aliphatic heterocycles. The van der Waals surface area contributed by atoms with Gasteiger partial charge < -0.3 is 9.84 Å². The average molecular weight is 280 g/mol. The van der Waals surface area contributed by atoms with Crippen molar-refractivity contribution < 1.29 is 9.84 Å². The van der Waals surface area contributed by atoms with Gasteiger partial charge in [-0.05, 0) is 73.5 Å². The monoisotopic (exact) mass is 280 g/mol. The first kappa shape index (κ1) is 14.8. The summed E-state index contributed by atoms with van der Waals surface area (Å²) >= 11 is 0. The van der Waals surface area contributed by atoms with Crippen LogP contribution in [0.15, 0.2) is 0 Å². The van der Waals surface area contributed by atoms with Crippen LogP contribution in [0, 0.1) is 28.6 Å². The van der Waals surface area contributed by atoms with Crippen molar-refractivity contribution >= 4 is 0 Å². The molecule has 2 heteroatoms. The maximum atomic E-state index is 9.97. The summed E-state index contributed by atoms with van der Waals surface area (Å²) in [6, 6.07) is 0. The fraction of sp³-hybridized carbons (Fsp3) is 1.00. The number of methoxy groups -OCH3 is 1. The minimum absolute atomic E-state index is 0.165. The zero-order valence-corrected chi connectivity index (χ0v) is 13.5. The summed E-state index contributed by atoms with van der Waals surface area (Å²) in [5, 5.41) is 9.97. The van der Waals surface area contributed by atoms with E-state index in [9.17, 15) is 5.11 Å². The Morgan fingerprint density at radius 2 is 1.85 bits per heavy atom. The van der Waals surface area contributed by atoms with Crippen LogP contribution in [0.1, 0.15) is 65.2 Å². The van der Waals surface area contributed by atoms with Gasteiger partial charge in [-0.1, -0.05) is 20.3 Å². The van der Waals surface area contributed by atoms with Gasteiger partial charge in [-0.15, -0.1) is 0 Å². The van der Waals surface area contributed by atoms with E-state index in [-0.39, 0.29) is 5.41 Å². The molecule has 0 spiro atoms. The van der Waals surface area contributed by atoms with E-state index in [0.29, 0.717) is 24.0 Å². The zero-order chi connectivity index (χ0) is 14.4. The molecule has 4 unspecified atom stereocenters. The van der Waals surface area contributed by atoms with Crippen LogP contribution >= 0.6 is 0 Å². The predicted octanol–water partition coefficient (Wildman–Crippen LogP) is 4.02. The van der Waals surface area contributed by atoms with Crippen LogP contribution < -0.4 is 0 Å². The average Bonchev–Trinajstić information content (AvgIpc) is 2.46. The highest BCUT2D eigenvalue weighted by molar-refractivity contribution is 5.06. The third-order valence-electron chi connectivity index (χ3n) is 7.41. The molecule has 0 amide bonds. The molecule has 3 fully saturated rings. The number of aliphatic hydroxyl groups excluding tert-OH is 1. The van der Waals surface area contributed by atoms with Crippen LogP contribution in [0.4, 0.5) is 0 Å². The Kier molecular flexibility index (Phi) is 3.92. The topological polar surface area (TPSA) is 29.5 Å². The van der Waals surface area contributed by atoms with Gasteiger partial charge >= 0.3 is 0 Å². The Labute approximate surface area is 124 Å². The van der Waals surface area contributed by atoms with Gasteiger partial charge in [0, 0.05) is 13.7 Å². The Bertz CT molecular complexity index is 355. The fourth-order valence-corrected chi connectivity index (χ4v) is 6.27. The van der Waals surface area contributed by atoms with E-state index in [1.165, 1.54) is 51.4 Å². The molecule has 1 N–H and O–H groups in total. The number of hydrogen-bond acceptors (Lipinski definition) is 2. The molecule has 0 radical (unpaired) electrons. The highest BCUT2D eigenvalue weighted by Crippen LogP contribution is 2.63. The summed E-state index contributed by atoms with van der Waals surface area (Å²) in [5.74, 6) is 2.46. The van der Waals surface area contributed by atoms with Crippen molar-refractivity contribution in [1.82, 2.24) is 0 Å². The Hall–Kier alpha value is -0.0800. The van der Waals surface area contributed by atoms with E-state index in [2.05, 4.69) is 13.8 Å². The van der Waals surface area contributed by atoms with E-state index in [1.54, 1.807) is 0 Å². The Morgan fingerprint density at radius 3 is 2.55 bits per heavy atom. The summed E-state index contributed by atoms with van der Waals surface area (Å²) < 4.78 is 5.69. The van der Waals surface area contributed by atoms with Crippen molar-refractivity contribution in [3.8, 4) is 0 Å². The first-order valence-corrected chi connectivity index (χ1v) is 8.67. The van der Waals surface area contributed by atoms with Gasteiger partial charge in [-0.2, -0.15) is 0 Å². The summed E-state index contributed by atoms with van der Waals surface area (Å²) in [5.41, 5.74) is 0.605. The van der Waals surface area contributed by atoms with Gasteiger partial charge in [-0.25, -0.2) is 0 Å². The largest absolute Gasteiger partial charge is 0.396 e. The molecule has 0 aromatic carbocycles. The molecular weight excluding hydrogens is 248 g/mol. The molecule has 116 valence electrons. The van der Waals surface area contributed by atoms with E-state index in [4.69, 9.17) is 4.74 Å². The van der Waals surface area contributed by atoms with Gasteiger partial charge in [0.2, 0.25) is 0 Å². The fourth-order valence-electron chi connectivity index (χ4n) is 6.27. The SMILES string of the molecule is COC1CCC2CCC3[C@](C)(CO)CCC[C@@]3(C)C2C1. The molecule has 0 aromatic heterocycles. The summed E-state index contributed by atoms with van der Waals surface area (Å²) in [6.07, 6.45) is 11.0. The lowest BCUT2D eigenvalue weighted by Gasteiger charge is -2.61. The van der Waals surface area contributed by atoms with Gasteiger partial charge in [0.25, 0.3) is 0 Å². The standard InChI is InChI=1S/C18H32O2/c1-17(12-19)9-4-10-18(2)15-11-14(20-3)7-5-13(15)6-8-16(17)18/h13-16,19H,4-12H2,1-3H3/t13?,14?,15?,16?,17-,18-/m0/s1. The maximum Gasteiger partial charge on any atom is 0.0574 e. The minimum atomic E-state index is 0.165. The normalized spacial score (nSPS) is 52.2. The van der Waals surface area contributed by atoms with Crippen molar-refractivity contribution in [1.29, 1.82) is 0 Å². The van der Waals surface area contributed by atoms with Crippen LogP contribution in [-0.4, -0.2) is 24.9 Å². The lowest BCUT2D eigenvalue weighted by atomic mass is 9.44. The number of hydrogen-bond donors (Lipinski definition) is 1. The van der Waals surface area contributed by atoms with E-state index in [1.807, 2.05) is 7.11 Å². The predicted molar refractivity (Wildman–Crippen MR) is 81.5 cm³/mol. The molecule has 6 atom stereocenters. The molecular formula is C18H32O2. The van der Waals surface area contributed by atoms with E-state index < -0.39 is 0 Å². The van der Waals surface area contributed by atoms with Gasteiger partial charge in [-0.3, -0.25) is 0 Å². The second-order valence-electron chi connectivity index (χ2n) is 8.34. The molecule has 0 saturated heterocycles. The minimum Gasteiger partial charge on any atom is -0.396 e. The number of ether oxygens (including phenoxy) is 1. The lowest BCUT2D eigenvalue weighted by molar-refractivity contribution is -0.144. The second kappa shape index (κ2) is 5.28. The smallest absolute Gasteiger partial charge is 0.0574 e. The molecule has 0 bridgehead atoms. The van der Waals surface area contributed by atoms with Gasteiger partial charge in [0.15, 0.2) is 0 Å². The summed E-state index contributed by atoms with van der Waals surface area (Å²) in [4.78, 5) is 0. The zero-order valence-electron chi connectivity index (χ0n) is 13.5. The molecule has 2 nitrogen and oxygen atoms in total. The highest BCUT2D eigenvalue weighted by atomic mass is 16.5. The van der Waals surface area contributed by atoms with Crippen molar-refractivity contribution in [2.45, 2.75) is 71.3 Å². The van der Waals surface area contributed by atoms with Crippen LogP contribution in [0.2, 0.25) is 0 Å². The van der Waals surface area contributed by atoms with Gasteiger partial charge in [0.05, 0.1) is 6.10 Å². The van der Waals surface area contributed by atoms with Crippen molar-refractivity contribution in [2.75, 3.05) is 13.7 Å². The van der Waals surface area contributed by atoms with Crippen LogP contribution in [0.5, 0.6) is 0 Å². The molecule has 0 aromatic rings. The first-order chi connectivity index (χ1) is 9.53. The Balaban J connectivity index is 1.88. The first-order valence-electron chi connectivity index (χ1n) is 8.67. The molecule has 3 aliphatic rings. The van der Waals surface area contributed by atoms with Crippen LogP contribution in [0.25, 0.3) is 0 Å². The van der Waals surface area contributed by atoms with Crippen LogP contribution in [-0.2, 0) is 4.74 Å². The van der Waals surface area contributed by atoms with Crippen molar-refractivity contribution in [3.05, 3.63) is 0 Å². The second-order valence-corrected chi connectivity index (χ2v) is 8.34. The summed E-state index contributed by atoms with van der Waals surface area (Å²) in [6.45, 7) is 5.25. The summed E-state index contributed by atoms with van der Waals surface area (Å²) in [7, 11) is 1.88. The van der Waals surface area contributed by atoms with E-state index >= 15 is 0 Å². The molecule has 3 saturated carbocycles. The molecule has 3 rings (SSSR count). The highest BCUT2D eigenvalue weighted by Gasteiger charge is 2.56. The third kappa shape index (κ3) is 2.14. The third-order valence-corrected chi connectivity index (χ3v) is 7.41. The van der Waals surface area contributed by atoms with E-state index in [0.717, 1.165) is 11.8 Å². The Morgan fingerprint density at radius 1 is 1.10 bits per heavy atom. The number of rotatable bonds is 2. The van der Waals surface area contributed by atoms with Crippen LogP contribution in [0.3, 0.4) is 0 Å². The molecule has 3 aliphatic carbocycles. The van der Waals surface area contributed by atoms with Crippen molar-refractivity contribution in [2.24, 2.45) is 28.6 Å². The quantitative estimate of drug-likeness (QED) is 0.828. The van der Waals surface area contributed by atoms with Crippen molar-refractivity contribution in [3.63, 3.8) is 0 Å². The number of aliphatic hydroxyl groups is 1. The maximum absolute atomic E-state index is 9.97. The van der Waals surface area contributed by atoms with Gasteiger partial charge in [0.1, 0.15) is 0 Å². The lowest BCUT2D eigenvalue weighted by Crippen LogP contribution is -2.55. The molecule has 0 heterocycles.